The number of sulfone groups is 1. The lowest BCUT2D eigenvalue weighted by Crippen LogP contribution is -2.10. The summed E-state index contributed by atoms with van der Waals surface area (Å²) in [6, 6.07) is 2.26. The van der Waals surface area contributed by atoms with Gasteiger partial charge < -0.3 is 5.73 Å². The van der Waals surface area contributed by atoms with Crippen LogP contribution in [0.15, 0.2) is 21.9 Å². The maximum absolute atomic E-state index is 13.8. The van der Waals surface area contributed by atoms with Crippen LogP contribution in [0.25, 0.3) is 0 Å². The van der Waals surface area contributed by atoms with Gasteiger partial charge in [0.25, 0.3) is 0 Å². The molecule has 0 saturated carbocycles. The van der Waals surface area contributed by atoms with E-state index in [1.807, 2.05) is 0 Å². The molecule has 0 fully saturated rings. The van der Waals surface area contributed by atoms with E-state index in [0.29, 0.717) is 0 Å². The minimum atomic E-state index is -3.58. The van der Waals surface area contributed by atoms with E-state index in [2.05, 4.69) is 0 Å². The Bertz CT molecular complexity index is 570. The number of rotatable bonds is 5. The van der Waals surface area contributed by atoms with Gasteiger partial charge in [-0.05, 0) is 24.9 Å². The van der Waals surface area contributed by atoms with Gasteiger partial charge in [0, 0.05) is 18.2 Å². The maximum Gasteiger partial charge on any atom is 0.176 e. The number of carbonyl (C=O) groups is 1. The lowest BCUT2D eigenvalue weighted by atomic mass is 10.1. The van der Waals surface area contributed by atoms with Crippen LogP contribution >= 0.6 is 11.8 Å². The van der Waals surface area contributed by atoms with E-state index in [1.165, 1.54) is 6.07 Å². The standard InChI is InChI=1S/C11H14FNO3S2/c1-17-11-8(12)5-7(9(14)3-4-13)6-10(11)18(2,15)16/h5-6H,3-4,13H2,1-2H3. The zero-order chi connectivity index (χ0) is 13.9. The molecule has 0 aliphatic carbocycles. The quantitative estimate of drug-likeness (QED) is 0.657. The molecule has 0 unspecified atom stereocenters. The highest BCUT2D eigenvalue weighted by Gasteiger charge is 2.20. The smallest absolute Gasteiger partial charge is 0.176 e. The number of carbonyl (C=O) groups excluding carboxylic acids is 1. The molecule has 0 saturated heterocycles. The SMILES string of the molecule is CSc1c(F)cc(C(=O)CCN)cc1S(C)(=O)=O. The molecular weight excluding hydrogens is 277 g/mol. The summed E-state index contributed by atoms with van der Waals surface area (Å²) in [5.74, 6) is -1.07. The third-order valence-electron chi connectivity index (χ3n) is 2.31. The van der Waals surface area contributed by atoms with E-state index in [9.17, 15) is 17.6 Å². The third kappa shape index (κ3) is 3.30. The van der Waals surface area contributed by atoms with Crippen molar-refractivity contribution in [1.82, 2.24) is 0 Å². The second-order valence-corrected chi connectivity index (χ2v) is 6.52. The van der Waals surface area contributed by atoms with Gasteiger partial charge in [-0.1, -0.05) is 0 Å². The van der Waals surface area contributed by atoms with E-state index in [4.69, 9.17) is 5.73 Å². The van der Waals surface area contributed by atoms with Gasteiger partial charge in [0.15, 0.2) is 15.6 Å². The summed E-state index contributed by atoms with van der Waals surface area (Å²) in [4.78, 5) is 11.5. The molecule has 0 aliphatic rings. The fourth-order valence-corrected chi connectivity index (χ4v) is 3.47. The number of ketones is 1. The van der Waals surface area contributed by atoms with Gasteiger partial charge in [0.05, 0.1) is 9.79 Å². The van der Waals surface area contributed by atoms with Crippen molar-refractivity contribution >= 4 is 27.4 Å². The van der Waals surface area contributed by atoms with Crippen LogP contribution in [0.3, 0.4) is 0 Å². The Morgan fingerprint density at radius 1 is 1.44 bits per heavy atom. The number of thioether (sulfide) groups is 1. The summed E-state index contributed by atoms with van der Waals surface area (Å²) in [7, 11) is -3.58. The summed E-state index contributed by atoms with van der Waals surface area (Å²) < 4.78 is 36.9. The van der Waals surface area contributed by atoms with Gasteiger partial charge in [-0.15, -0.1) is 11.8 Å². The minimum Gasteiger partial charge on any atom is -0.330 e. The van der Waals surface area contributed by atoms with Crippen molar-refractivity contribution in [2.45, 2.75) is 16.2 Å². The molecule has 0 bridgehead atoms. The first-order valence-corrected chi connectivity index (χ1v) is 8.23. The van der Waals surface area contributed by atoms with Crippen molar-refractivity contribution in [2.75, 3.05) is 19.1 Å². The highest BCUT2D eigenvalue weighted by molar-refractivity contribution is 7.99. The van der Waals surface area contributed by atoms with Crippen LogP contribution < -0.4 is 5.73 Å². The molecule has 0 spiro atoms. The predicted octanol–water partition coefficient (Wildman–Crippen LogP) is 1.48. The molecule has 7 heteroatoms. The van der Waals surface area contributed by atoms with Gasteiger partial charge in [-0.25, -0.2) is 12.8 Å². The fraction of sp³-hybridized carbons (Fsp3) is 0.364. The molecule has 18 heavy (non-hydrogen) atoms. The Hall–Kier alpha value is -0.920. The molecule has 2 N–H and O–H groups in total. The number of hydrogen-bond acceptors (Lipinski definition) is 5. The Morgan fingerprint density at radius 3 is 2.50 bits per heavy atom. The van der Waals surface area contributed by atoms with Gasteiger partial charge in [0.2, 0.25) is 0 Å². The molecule has 0 radical (unpaired) electrons. The predicted molar refractivity (Wildman–Crippen MR) is 69.3 cm³/mol. The van der Waals surface area contributed by atoms with Crippen molar-refractivity contribution in [2.24, 2.45) is 5.73 Å². The average Bonchev–Trinajstić information content (AvgIpc) is 2.27. The molecule has 4 nitrogen and oxygen atoms in total. The van der Waals surface area contributed by atoms with Crippen LogP contribution in [0.1, 0.15) is 16.8 Å². The van der Waals surface area contributed by atoms with E-state index in [1.54, 1.807) is 6.26 Å². The minimum absolute atomic E-state index is 0.0294. The van der Waals surface area contributed by atoms with Crippen LogP contribution in [-0.2, 0) is 9.84 Å². The number of Topliss-reactive ketones (excluding diaryl/α,β-unsaturated/α-hetero) is 1. The Kier molecular flexibility index (Phi) is 4.89. The number of nitrogens with two attached hydrogens (primary N) is 1. The van der Waals surface area contributed by atoms with Crippen LogP contribution in [0, 0.1) is 5.82 Å². The van der Waals surface area contributed by atoms with Gasteiger partial charge in [-0.3, -0.25) is 4.79 Å². The molecule has 0 atom stereocenters. The Balaban J connectivity index is 3.45. The van der Waals surface area contributed by atoms with Gasteiger partial charge in [0.1, 0.15) is 5.82 Å². The zero-order valence-corrected chi connectivity index (χ0v) is 11.7. The second-order valence-electron chi connectivity index (χ2n) is 3.72. The van der Waals surface area contributed by atoms with Crippen molar-refractivity contribution in [1.29, 1.82) is 0 Å². The lowest BCUT2D eigenvalue weighted by molar-refractivity contribution is 0.0984. The van der Waals surface area contributed by atoms with E-state index in [0.717, 1.165) is 24.1 Å². The number of benzene rings is 1. The van der Waals surface area contributed by atoms with Crippen LogP contribution in [0.5, 0.6) is 0 Å². The maximum atomic E-state index is 13.8. The fourth-order valence-electron chi connectivity index (χ4n) is 1.48. The van der Waals surface area contributed by atoms with Crippen LogP contribution in [0.2, 0.25) is 0 Å². The summed E-state index contributed by atoms with van der Waals surface area (Å²) in [5, 5.41) is 0. The second kappa shape index (κ2) is 5.81. The molecule has 0 amide bonds. The lowest BCUT2D eigenvalue weighted by Gasteiger charge is -2.09. The largest absolute Gasteiger partial charge is 0.330 e. The summed E-state index contributed by atoms with van der Waals surface area (Å²) in [6.07, 6.45) is 2.62. The van der Waals surface area contributed by atoms with Crippen molar-refractivity contribution in [3.63, 3.8) is 0 Å². The van der Waals surface area contributed by atoms with Crippen LogP contribution in [0.4, 0.5) is 4.39 Å². The first kappa shape index (κ1) is 15.1. The molecule has 100 valence electrons. The van der Waals surface area contributed by atoms with Crippen LogP contribution in [-0.4, -0.2) is 33.3 Å². The summed E-state index contributed by atoms with van der Waals surface area (Å²) in [6.45, 7) is 0.138. The molecular formula is C11H14FNO3S2. The van der Waals surface area contributed by atoms with E-state index in [-0.39, 0.29) is 34.1 Å². The normalized spacial score (nSPS) is 11.6. The molecule has 1 aromatic rings. The van der Waals surface area contributed by atoms with Crippen molar-refractivity contribution < 1.29 is 17.6 Å². The molecule has 0 heterocycles. The highest BCUT2D eigenvalue weighted by Crippen LogP contribution is 2.29. The third-order valence-corrected chi connectivity index (χ3v) is 4.38. The molecule has 0 aliphatic heterocycles. The number of hydrogen-bond donors (Lipinski definition) is 1. The van der Waals surface area contributed by atoms with Crippen molar-refractivity contribution in [3.8, 4) is 0 Å². The Morgan fingerprint density at radius 2 is 2.06 bits per heavy atom. The average molecular weight is 291 g/mol. The molecule has 1 rings (SSSR count). The van der Waals surface area contributed by atoms with E-state index < -0.39 is 15.7 Å². The van der Waals surface area contributed by atoms with Gasteiger partial charge in [-0.2, -0.15) is 0 Å². The topological polar surface area (TPSA) is 77.2 Å². The highest BCUT2D eigenvalue weighted by atomic mass is 32.2. The summed E-state index contributed by atoms with van der Waals surface area (Å²) >= 11 is 0.993. The van der Waals surface area contributed by atoms with Gasteiger partial charge >= 0.3 is 0 Å². The first-order valence-electron chi connectivity index (χ1n) is 5.12. The summed E-state index contributed by atoms with van der Waals surface area (Å²) in [5.41, 5.74) is 5.29. The Labute approximate surface area is 110 Å². The monoisotopic (exact) mass is 291 g/mol. The van der Waals surface area contributed by atoms with E-state index >= 15 is 0 Å². The molecule has 1 aromatic carbocycles. The first-order chi connectivity index (χ1) is 8.31. The zero-order valence-electron chi connectivity index (χ0n) is 10.1. The number of halogens is 1. The van der Waals surface area contributed by atoms with Crippen molar-refractivity contribution in [3.05, 3.63) is 23.5 Å². The molecule has 0 aromatic heterocycles.